The Labute approximate surface area is 85.2 Å². The first-order valence-corrected chi connectivity index (χ1v) is 5.89. The zero-order valence-electron chi connectivity index (χ0n) is 2.26. The van der Waals surface area contributed by atoms with Gasteiger partial charge in [-0.25, -0.2) is 0 Å². The Bertz CT molecular complexity index is 11.6. The van der Waals surface area contributed by atoms with Gasteiger partial charge in [0, 0.05) is 53.6 Å². The average Bonchev–Trinajstić information content (AvgIpc) is 1.00. The summed E-state index contributed by atoms with van der Waals surface area (Å²) in [5.41, 5.74) is 0. The van der Waals surface area contributed by atoms with Gasteiger partial charge >= 0.3 is 33.1 Å². The van der Waals surface area contributed by atoms with Gasteiger partial charge in [0.25, 0.3) is 0 Å². The molecule has 0 spiro atoms. The average molecular weight is 383 g/mol. The molecular formula is HFeIMnSeZn. The van der Waals surface area contributed by atoms with E-state index in [0.717, 1.165) is 0 Å². The van der Waals surface area contributed by atoms with Crippen LogP contribution in [0.1, 0.15) is 0 Å². The summed E-state index contributed by atoms with van der Waals surface area (Å²) in [6, 6.07) is 0. The van der Waals surface area contributed by atoms with Crippen LogP contribution in [0, 0.1) is 0 Å². The molecule has 0 fully saturated rings. The predicted molar refractivity (Wildman–Crippen MR) is 21.2 cm³/mol. The second-order valence-electron chi connectivity index (χ2n) is 0. The van der Waals surface area contributed by atoms with Gasteiger partial charge in [0.15, 0.2) is 0 Å². The molecular weight excluding hydrogens is 382 g/mol. The maximum Gasteiger partial charge on any atom is 0 e. The van der Waals surface area contributed by atoms with Crippen molar-refractivity contribution in [2.75, 3.05) is 0 Å². The summed E-state index contributed by atoms with van der Waals surface area (Å²) in [5, 5.41) is 0. The van der Waals surface area contributed by atoms with E-state index in [4.69, 9.17) is 0 Å². The van der Waals surface area contributed by atoms with E-state index in [2.05, 4.69) is 33.1 Å². The molecule has 1 radical (unpaired) electrons. The third kappa shape index (κ3) is 19.7. The first-order valence-electron chi connectivity index (χ1n) is 0.169. The molecule has 0 amide bonds. The van der Waals surface area contributed by atoms with Gasteiger partial charge < -0.3 is 0 Å². The van der Waals surface area contributed by atoms with Crippen molar-refractivity contribution >= 4 is 33.1 Å². The Morgan fingerprint density at radius 1 is 1.20 bits per heavy atom. The number of rotatable bonds is 0. The van der Waals surface area contributed by atoms with Gasteiger partial charge in [-0.1, -0.05) is 0 Å². The second-order valence-corrected chi connectivity index (χ2v) is 0. The Balaban J connectivity index is -0.00000000167. The van der Waals surface area contributed by atoms with Crippen molar-refractivity contribution < 1.29 is 53.6 Å². The van der Waals surface area contributed by atoms with E-state index >= 15 is 0 Å². The van der Waals surface area contributed by atoms with Crippen molar-refractivity contribution in [3.8, 4) is 0 Å². The summed E-state index contributed by atoms with van der Waals surface area (Å²) in [4.78, 5) is 0. The fourth-order valence-corrected chi connectivity index (χ4v) is 0. The van der Waals surface area contributed by atoms with Crippen molar-refractivity contribution in [2.45, 2.75) is 0 Å². The molecule has 0 aliphatic rings. The molecule has 0 aromatic carbocycles. The van der Waals surface area contributed by atoms with Crippen molar-refractivity contribution in [2.24, 2.45) is 0 Å². The first-order chi connectivity index (χ1) is 1.00. The third-order valence-corrected chi connectivity index (χ3v) is 0. The van der Waals surface area contributed by atoms with Crippen LogP contribution in [0.25, 0.3) is 0 Å². The fraction of sp³-hybridized carbons (Fsp3) is 0. The van der Waals surface area contributed by atoms with Gasteiger partial charge in [-0.2, -0.15) is 0 Å². The Kier molecular flexibility index (Phi) is 141. The van der Waals surface area contributed by atoms with E-state index in [1.54, 1.807) is 0 Å². The van der Waals surface area contributed by atoms with Gasteiger partial charge in [-0.15, -0.1) is 0 Å². The van der Waals surface area contributed by atoms with Gasteiger partial charge in [0.1, 0.15) is 0 Å². The van der Waals surface area contributed by atoms with Gasteiger partial charge in [0.2, 0.25) is 0 Å². The molecule has 0 N–H and O–H groups in total. The molecule has 0 saturated heterocycles. The van der Waals surface area contributed by atoms with Crippen LogP contribution in [0.2, 0.25) is 0 Å². The van der Waals surface area contributed by atoms with E-state index < -0.39 is 0 Å². The topological polar surface area (TPSA) is 0 Å². The van der Waals surface area contributed by atoms with E-state index in [9.17, 15) is 0 Å². The smallest absolute Gasteiger partial charge is 0 e. The van der Waals surface area contributed by atoms with Gasteiger partial charge in [-0.3, -0.25) is 0 Å². The Hall–Kier alpha value is 2.91. The van der Waals surface area contributed by atoms with Crippen LogP contribution in [-0.2, 0) is 53.6 Å². The maximum atomic E-state index is 2.28. The minimum absolute atomic E-state index is 0. The van der Waals surface area contributed by atoms with Crippen molar-refractivity contribution in [1.82, 2.24) is 0 Å². The molecule has 0 aliphatic heterocycles. The molecule has 0 atom stereocenters. The fourth-order valence-electron chi connectivity index (χ4n) is 0. The summed E-state index contributed by atoms with van der Waals surface area (Å²) >= 11 is 4.37. The standard InChI is InChI=1S/Fe.HISe.Mn.Zn/c;1-2;;/h;2H;;. The van der Waals surface area contributed by atoms with Crippen molar-refractivity contribution in [1.29, 1.82) is 0 Å². The van der Waals surface area contributed by atoms with Gasteiger partial charge in [-0.05, 0) is 0 Å². The molecule has 0 aromatic heterocycles. The zero-order chi connectivity index (χ0) is 2.00. The van der Waals surface area contributed by atoms with E-state index in [0.29, 0.717) is 0 Å². The summed E-state index contributed by atoms with van der Waals surface area (Å²) in [7, 11) is 0. The molecule has 0 aromatic rings. The molecule has 5 heavy (non-hydrogen) atoms. The first kappa shape index (κ1) is 24.7. The van der Waals surface area contributed by atoms with Gasteiger partial charge in [0.05, 0.1) is 0 Å². The van der Waals surface area contributed by atoms with Crippen molar-refractivity contribution in [3.63, 3.8) is 0 Å². The van der Waals surface area contributed by atoms with Crippen LogP contribution in [0.15, 0.2) is 0 Å². The Morgan fingerprint density at radius 3 is 1.20 bits per heavy atom. The Morgan fingerprint density at radius 2 is 1.20 bits per heavy atom. The number of hydrogen-bond acceptors (Lipinski definition) is 0. The number of hydrogen-bond donors (Lipinski definition) is 0. The van der Waals surface area contributed by atoms with Crippen LogP contribution in [0.3, 0.4) is 0 Å². The SMILES string of the molecule is [Fe].[Mn].[SeH]I.[Zn]. The summed E-state index contributed by atoms with van der Waals surface area (Å²) < 4.78 is 0. The van der Waals surface area contributed by atoms with Crippen LogP contribution >= 0.6 is 20.3 Å². The molecule has 0 nitrogen and oxygen atoms in total. The molecule has 0 heterocycles. The third-order valence-electron chi connectivity index (χ3n) is 0. The molecule has 0 rings (SSSR count). The number of halogens is 1. The summed E-state index contributed by atoms with van der Waals surface area (Å²) in [6.45, 7) is 0. The molecule has 5 heteroatoms. The normalized spacial score (nSPS) is 1.20. The quantitative estimate of drug-likeness (QED) is 0.415. The minimum atomic E-state index is 0. The molecule has 0 bridgehead atoms. The largest absolute Gasteiger partial charge is 0 e. The summed E-state index contributed by atoms with van der Waals surface area (Å²) in [5.74, 6) is 0. The predicted octanol–water partition coefficient (Wildman–Crippen LogP) is 0.230. The van der Waals surface area contributed by atoms with Crippen LogP contribution in [0.5, 0.6) is 0 Å². The summed E-state index contributed by atoms with van der Waals surface area (Å²) in [6.07, 6.45) is 0. The monoisotopic (exact) mass is 383 g/mol. The molecule has 0 aliphatic carbocycles. The van der Waals surface area contributed by atoms with Crippen LogP contribution < -0.4 is 0 Å². The van der Waals surface area contributed by atoms with Crippen LogP contribution in [0.4, 0.5) is 0 Å². The van der Waals surface area contributed by atoms with E-state index in [-0.39, 0.29) is 53.6 Å². The van der Waals surface area contributed by atoms with E-state index in [1.807, 2.05) is 0 Å². The maximum absolute atomic E-state index is 2.28. The van der Waals surface area contributed by atoms with E-state index in [1.165, 1.54) is 0 Å². The van der Waals surface area contributed by atoms with Crippen LogP contribution in [-0.4, -0.2) is 12.8 Å². The second kappa shape index (κ2) is 28.5. The molecule has 0 unspecified atom stereocenters. The molecule has 31 valence electrons. The molecule has 0 saturated carbocycles. The zero-order valence-corrected chi connectivity index (χ0v) is 11.5. The minimum Gasteiger partial charge on any atom is 0 e. The van der Waals surface area contributed by atoms with Crippen molar-refractivity contribution in [3.05, 3.63) is 0 Å².